The van der Waals surface area contributed by atoms with E-state index in [0.29, 0.717) is 16.9 Å². The van der Waals surface area contributed by atoms with Gasteiger partial charge in [0.2, 0.25) is 0 Å². The molecule has 0 atom stereocenters. The van der Waals surface area contributed by atoms with Crippen LogP contribution in [0.4, 0.5) is 0 Å². The molecule has 0 aliphatic rings. The van der Waals surface area contributed by atoms with E-state index in [2.05, 4.69) is 41.9 Å². The van der Waals surface area contributed by atoms with Crippen LogP contribution in [0.2, 0.25) is 0 Å². The maximum Gasteiger partial charge on any atom is 0.281 e. The SMILES string of the molecule is C#CCn1c(=NC(=O)c2c[nH]c3ccccc23)sc2cc(C)c(C)cc21. The number of nitrogens with zero attached hydrogens (tertiary/aromatic N) is 2. The molecule has 1 N–H and O–H groups in total. The van der Waals surface area contributed by atoms with Crippen LogP contribution in [0.3, 0.4) is 0 Å². The van der Waals surface area contributed by atoms with Crippen LogP contribution in [0.15, 0.2) is 47.6 Å². The standard InChI is InChI=1S/C21H17N3OS/c1-4-9-24-18-10-13(2)14(3)11-19(18)26-21(24)23-20(25)16-12-22-17-8-6-5-7-15(16)17/h1,5-8,10-12,22H,9H2,2-3H3. The second-order valence-electron chi connectivity index (χ2n) is 6.24. The number of nitrogens with one attached hydrogen (secondary N) is 1. The van der Waals surface area contributed by atoms with Crippen molar-refractivity contribution < 1.29 is 4.79 Å². The average molecular weight is 359 g/mol. The molecular formula is C21H17N3OS. The lowest BCUT2D eigenvalue weighted by Gasteiger charge is -2.03. The molecule has 1 amide bonds. The molecule has 4 rings (SSSR count). The number of amides is 1. The molecule has 0 aliphatic carbocycles. The number of carbonyl (C=O) groups excluding carboxylic acids is 1. The first kappa shape index (κ1) is 16.4. The molecule has 0 bridgehead atoms. The minimum Gasteiger partial charge on any atom is -0.360 e. The molecule has 0 radical (unpaired) electrons. The summed E-state index contributed by atoms with van der Waals surface area (Å²) in [6.07, 6.45) is 7.26. The third-order valence-electron chi connectivity index (χ3n) is 4.56. The largest absolute Gasteiger partial charge is 0.360 e. The Morgan fingerprint density at radius 3 is 2.85 bits per heavy atom. The summed E-state index contributed by atoms with van der Waals surface area (Å²) in [5.41, 5.74) is 4.90. The van der Waals surface area contributed by atoms with E-state index in [-0.39, 0.29) is 5.91 Å². The Morgan fingerprint density at radius 2 is 2.04 bits per heavy atom. The van der Waals surface area contributed by atoms with Crippen molar-refractivity contribution in [3.8, 4) is 12.3 Å². The van der Waals surface area contributed by atoms with Crippen molar-refractivity contribution in [2.24, 2.45) is 4.99 Å². The van der Waals surface area contributed by atoms with E-state index in [0.717, 1.165) is 21.1 Å². The molecule has 26 heavy (non-hydrogen) atoms. The number of rotatable bonds is 2. The fraction of sp³-hybridized carbons (Fsp3) is 0.143. The van der Waals surface area contributed by atoms with Gasteiger partial charge in [-0.1, -0.05) is 35.5 Å². The number of aryl methyl sites for hydroxylation is 2. The van der Waals surface area contributed by atoms with Gasteiger partial charge < -0.3 is 9.55 Å². The first-order chi connectivity index (χ1) is 12.6. The molecule has 0 unspecified atom stereocenters. The summed E-state index contributed by atoms with van der Waals surface area (Å²) in [7, 11) is 0. The maximum atomic E-state index is 12.8. The Kier molecular flexibility index (Phi) is 3.98. The zero-order chi connectivity index (χ0) is 18.3. The molecule has 2 heterocycles. The van der Waals surface area contributed by atoms with Gasteiger partial charge in [-0.2, -0.15) is 4.99 Å². The van der Waals surface area contributed by atoms with Crippen LogP contribution in [-0.2, 0) is 6.54 Å². The second-order valence-corrected chi connectivity index (χ2v) is 7.25. The molecule has 0 saturated carbocycles. The van der Waals surface area contributed by atoms with Gasteiger partial charge in [0, 0.05) is 17.1 Å². The number of H-pyrrole nitrogens is 1. The summed E-state index contributed by atoms with van der Waals surface area (Å²) in [5, 5.41) is 0.873. The monoisotopic (exact) mass is 359 g/mol. The molecule has 2 aromatic carbocycles. The van der Waals surface area contributed by atoms with E-state index < -0.39 is 0 Å². The minimum absolute atomic E-state index is 0.270. The number of terminal acetylenes is 1. The van der Waals surface area contributed by atoms with Crippen LogP contribution in [0.1, 0.15) is 21.5 Å². The molecular weight excluding hydrogens is 342 g/mol. The Labute approximate surface area is 154 Å². The predicted molar refractivity (Wildman–Crippen MR) is 106 cm³/mol. The van der Waals surface area contributed by atoms with Gasteiger partial charge in [-0.05, 0) is 43.2 Å². The van der Waals surface area contributed by atoms with Crippen molar-refractivity contribution in [2.75, 3.05) is 0 Å². The van der Waals surface area contributed by atoms with Crippen LogP contribution >= 0.6 is 11.3 Å². The molecule has 0 spiro atoms. The summed E-state index contributed by atoms with van der Waals surface area (Å²) in [6.45, 7) is 4.52. The van der Waals surface area contributed by atoms with Gasteiger partial charge in [0.25, 0.3) is 5.91 Å². The number of benzene rings is 2. The number of hydrogen-bond donors (Lipinski definition) is 1. The van der Waals surface area contributed by atoms with Gasteiger partial charge in [0.05, 0.1) is 22.3 Å². The van der Waals surface area contributed by atoms with Crippen LogP contribution < -0.4 is 4.80 Å². The molecule has 5 heteroatoms. The summed E-state index contributed by atoms with van der Waals surface area (Å²) >= 11 is 1.49. The molecule has 0 aliphatic heterocycles. The van der Waals surface area contributed by atoms with Crippen molar-refractivity contribution in [1.82, 2.24) is 9.55 Å². The highest BCUT2D eigenvalue weighted by molar-refractivity contribution is 7.16. The third kappa shape index (κ3) is 2.65. The Bertz CT molecular complexity index is 1260. The average Bonchev–Trinajstić information content (AvgIpc) is 3.18. The first-order valence-electron chi connectivity index (χ1n) is 8.27. The normalized spacial score (nSPS) is 12.0. The minimum atomic E-state index is -0.270. The number of fused-ring (bicyclic) bond motifs is 2. The van der Waals surface area contributed by atoms with E-state index in [1.54, 1.807) is 6.20 Å². The van der Waals surface area contributed by atoms with Gasteiger partial charge in [-0.3, -0.25) is 4.79 Å². The topological polar surface area (TPSA) is 50.1 Å². The van der Waals surface area contributed by atoms with Gasteiger partial charge in [-0.15, -0.1) is 6.42 Å². The van der Waals surface area contributed by atoms with Crippen LogP contribution in [-0.4, -0.2) is 15.5 Å². The molecule has 0 fully saturated rings. The van der Waals surface area contributed by atoms with E-state index >= 15 is 0 Å². The Balaban J connectivity index is 1.91. The summed E-state index contributed by atoms with van der Waals surface area (Å²) in [4.78, 5) is 20.9. The summed E-state index contributed by atoms with van der Waals surface area (Å²) in [5.74, 6) is 2.40. The van der Waals surface area contributed by atoms with Crippen molar-refractivity contribution in [2.45, 2.75) is 20.4 Å². The number of aromatic nitrogens is 2. The molecule has 128 valence electrons. The van der Waals surface area contributed by atoms with Crippen LogP contribution in [0.25, 0.3) is 21.1 Å². The summed E-state index contributed by atoms with van der Waals surface area (Å²) in [6, 6.07) is 11.9. The van der Waals surface area contributed by atoms with Crippen molar-refractivity contribution in [1.29, 1.82) is 0 Å². The lowest BCUT2D eigenvalue weighted by molar-refractivity contribution is 0.0999. The fourth-order valence-corrected chi connectivity index (χ4v) is 4.15. The van der Waals surface area contributed by atoms with Crippen LogP contribution in [0.5, 0.6) is 0 Å². The predicted octanol–water partition coefficient (Wildman–Crippen LogP) is 4.18. The smallest absolute Gasteiger partial charge is 0.281 e. The van der Waals surface area contributed by atoms with Crippen LogP contribution in [0, 0.1) is 26.2 Å². The van der Waals surface area contributed by atoms with E-state index in [4.69, 9.17) is 6.42 Å². The number of carbonyl (C=O) groups is 1. The molecule has 0 saturated heterocycles. The van der Waals surface area contributed by atoms with Gasteiger partial charge in [-0.25, -0.2) is 0 Å². The first-order valence-corrected chi connectivity index (χ1v) is 9.09. The quantitative estimate of drug-likeness (QED) is 0.537. The number of hydrogen-bond acceptors (Lipinski definition) is 2. The zero-order valence-corrected chi connectivity index (χ0v) is 15.4. The van der Waals surface area contributed by atoms with E-state index in [1.807, 2.05) is 28.8 Å². The lowest BCUT2D eigenvalue weighted by Crippen LogP contribution is -2.16. The number of para-hydroxylation sites is 1. The second kappa shape index (κ2) is 6.32. The van der Waals surface area contributed by atoms with Gasteiger partial charge in [0.1, 0.15) is 0 Å². The number of aromatic amines is 1. The molecule has 4 aromatic rings. The van der Waals surface area contributed by atoms with E-state index in [1.165, 1.54) is 22.5 Å². The van der Waals surface area contributed by atoms with Gasteiger partial charge in [0.15, 0.2) is 4.80 Å². The maximum absolute atomic E-state index is 12.8. The Morgan fingerprint density at radius 1 is 1.27 bits per heavy atom. The highest BCUT2D eigenvalue weighted by Crippen LogP contribution is 2.23. The number of thiazole rings is 1. The zero-order valence-electron chi connectivity index (χ0n) is 14.5. The van der Waals surface area contributed by atoms with Crippen molar-refractivity contribution in [3.63, 3.8) is 0 Å². The molecule has 2 aromatic heterocycles. The Hall–Kier alpha value is -3.10. The van der Waals surface area contributed by atoms with E-state index in [9.17, 15) is 4.79 Å². The van der Waals surface area contributed by atoms with Crippen molar-refractivity contribution >= 4 is 38.4 Å². The molecule has 4 nitrogen and oxygen atoms in total. The fourth-order valence-electron chi connectivity index (χ4n) is 3.05. The third-order valence-corrected chi connectivity index (χ3v) is 5.61. The van der Waals surface area contributed by atoms with Crippen molar-refractivity contribution in [3.05, 3.63) is 64.1 Å². The summed E-state index contributed by atoms with van der Waals surface area (Å²) < 4.78 is 3.01. The lowest BCUT2D eigenvalue weighted by atomic mass is 10.1. The highest BCUT2D eigenvalue weighted by Gasteiger charge is 2.13. The highest BCUT2D eigenvalue weighted by atomic mass is 32.1. The van der Waals surface area contributed by atoms with Gasteiger partial charge >= 0.3 is 0 Å².